The molecule has 0 aromatic carbocycles. The Labute approximate surface area is 144 Å². The maximum Gasteiger partial charge on any atom is 0.402 e. The first-order chi connectivity index (χ1) is 11.5. The average molecular weight is 376 g/mol. The van der Waals surface area contributed by atoms with E-state index >= 15 is 0 Å². The lowest BCUT2D eigenvalue weighted by molar-refractivity contribution is -0.136. The number of hydrogen-bond acceptors (Lipinski definition) is 4. The van der Waals surface area contributed by atoms with E-state index in [4.69, 9.17) is 0 Å². The molecular weight excluding hydrogens is 357 g/mol. The van der Waals surface area contributed by atoms with E-state index in [0.29, 0.717) is 10.1 Å². The molecule has 0 aliphatic carbocycles. The summed E-state index contributed by atoms with van der Waals surface area (Å²) >= 11 is 0. The largest absolute Gasteiger partial charge is 0.402 e. The van der Waals surface area contributed by atoms with Crippen molar-refractivity contribution in [1.29, 1.82) is 0 Å². The van der Waals surface area contributed by atoms with Crippen LogP contribution in [0.15, 0.2) is 35.6 Å². The van der Waals surface area contributed by atoms with Gasteiger partial charge in [0.25, 0.3) is 0 Å². The Morgan fingerprint density at radius 1 is 1.32 bits per heavy atom. The number of alkyl halides is 3. The molecule has 0 bridgehead atoms. The maximum absolute atomic E-state index is 12.8. The monoisotopic (exact) mass is 376 g/mol. The second-order valence-corrected chi connectivity index (χ2v) is 8.06. The van der Waals surface area contributed by atoms with Gasteiger partial charge < -0.3 is 0 Å². The molecule has 2 rings (SSSR count). The van der Waals surface area contributed by atoms with Crippen molar-refractivity contribution in [2.75, 3.05) is 13.1 Å². The predicted molar refractivity (Wildman–Crippen MR) is 85.7 cm³/mol. The summed E-state index contributed by atoms with van der Waals surface area (Å²) in [7, 11) is -4.32. The number of sulfonamides is 1. The molecule has 0 unspecified atom stereocenters. The van der Waals surface area contributed by atoms with Crippen molar-refractivity contribution in [1.82, 2.24) is 19.1 Å². The van der Waals surface area contributed by atoms with Gasteiger partial charge in [-0.05, 0) is 30.5 Å². The van der Waals surface area contributed by atoms with Gasteiger partial charge in [-0.3, -0.25) is 0 Å². The van der Waals surface area contributed by atoms with Crippen LogP contribution in [0.4, 0.5) is 13.2 Å². The lowest BCUT2D eigenvalue weighted by Crippen LogP contribution is -2.40. The normalized spacial score (nSPS) is 13.0. The first-order valence-corrected chi connectivity index (χ1v) is 8.97. The van der Waals surface area contributed by atoms with Crippen LogP contribution in [0, 0.1) is 12.8 Å². The zero-order valence-corrected chi connectivity index (χ0v) is 14.8. The molecule has 2 aromatic rings. The summed E-state index contributed by atoms with van der Waals surface area (Å²) < 4.78 is 65.2. The number of aryl methyl sites for hydroxylation is 1. The minimum absolute atomic E-state index is 0.240. The lowest BCUT2D eigenvalue weighted by atomic mass is 10.2. The van der Waals surface area contributed by atoms with E-state index in [1.807, 2.05) is 6.92 Å². The summed E-state index contributed by atoms with van der Waals surface area (Å²) in [6.07, 6.45) is -0.894. The van der Waals surface area contributed by atoms with Crippen LogP contribution in [0.3, 0.4) is 0 Å². The van der Waals surface area contributed by atoms with Crippen molar-refractivity contribution >= 4 is 10.0 Å². The molecule has 2 aromatic heterocycles. The second kappa shape index (κ2) is 7.12. The summed E-state index contributed by atoms with van der Waals surface area (Å²) in [4.78, 5) is 3.77. The molecule has 0 atom stereocenters. The molecule has 10 heteroatoms. The van der Waals surface area contributed by atoms with Crippen molar-refractivity contribution in [3.05, 3.63) is 36.3 Å². The van der Waals surface area contributed by atoms with Gasteiger partial charge in [-0.2, -0.15) is 22.6 Å². The summed E-state index contributed by atoms with van der Waals surface area (Å²) in [5.41, 5.74) is 0.892. The number of hydrogen-bond donors (Lipinski definition) is 0. The van der Waals surface area contributed by atoms with E-state index in [-0.39, 0.29) is 17.4 Å². The highest BCUT2D eigenvalue weighted by Crippen LogP contribution is 2.24. The van der Waals surface area contributed by atoms with Crippen LogP contribution in [0.2, 0.25) is 0 Å². The molecule has 0 N–H and O–H groups in total. The quantitative estimate of drug-likeness (QED) is 0.778. The van der Waals surface area contributed by atoms with Crippen molar-refractivity contribution in [2.24, 2.45) is 5.92 Å². The molecule has 0 spiro atoms. The van der Waals surface area contributed by atoms with E-state index in [0.717, 1.165) is 11.8 Å². The Morgan fingerprint density at radius 2 is 2.00 bits per heavy atom. The molecule has 0 fully saturated rings. The van der Waals surface area contributed by atoms with Crippen LogP contribution < -0.4 is 0 Å². The maximum atomic E-state index is 12.8. The Morgan fingerprint density at radius 3 is 2.56 bits per heavy atom. The molecule has 0 aliphatic rings. The van der Waals surface area contributed by atoms with E-state index in [9.17, 15) is 21.6 Å². The van der Waals surface area contributed by atoms with Gasteiger partial charge in [0.1, 0.15) is 11.4 Å². The zero-order valence-electron chi connectivity index (χ0n) is 14.0. The first-order valence-electron chi connectivity index (χ1n) is 7.53. The van der Waals surface area contributed by atoms with Crippen LogP contribution in [0.5, 0.6) is 0 Å². The van der Waals surface area contributed by atoms with Crippen molar-refractivity contribution in [3.8, 4) is 5.82 Å². The fourth-order valence-electron chi connectivity index (χ4n) is 2.21. The van der Waals surface area contributed by atoms with Gasteiger partial charge in [-0.1, -0.05) is 13.8 Å². The Kier molecular flexibility index (Phi) is 5.52. The molecule has 0 saturated carbocycles. The topological polar surface area (TPSA) is 68.1 Å². The molecule has 0 radical (unpaired) electrons. The smallest absolute Gasteiger partial charge is 0.237 e. The molecular formula is C15H19F3N4O2S. The third kappa shape index (κ3) is 5.02. The van der Waals surface area contributed by atoms with Crippen LogP contribution in [-0.2, 0) is 10.0 Å². The highest BCUT2D eigenvalue weighted by molar-refractivity contribution is 7.89. The summed E-state index contributed by atoms with van der Waals surface area (Å²) in [5, 5.41) is 3.92. The van der Waals surface area contributed by atoms with Crippen LogP contribution in [-0.4, -0.2) is 46.8 Å². The van der Waals surface area contributed by atoms with Gasteiger partial charge in [-0.25, -0.2) is 18.1 Å². The van der Waals surface area contributed by atoms with Crippen LogP contribution in [0.25, 0.3) is 5.82 Å². The molecule has 2 heterocycles. The van der Waals surface area contributed by atoms with Gasteiger partial charge in [-0.15, -0.1) is 0 Å². The third-order valence-electron chi connectivity index (χ3n) is 3.26. The van der Waals surface area contributed by atoms with Gasteiger partial charge >= 0.3 is 6.18 Å². The highest BCUT2D eigenvalue weighted by Gasteiger charge is 2.37. The number of aromatic nitrogens is 3. The number of nitrogens with zero attached hydrogens (tertiary/aromatic N) is 4. The van der Waals surface area contributed by atoms with Gasteiger partial charge in [0.15, 0.2) is 5.82 Å². The van der Waals surface area contributed by atoms with E-state index in [2.05, 4.69) is 10.1 Å². The Balaban J connectivity index is 2.37. The molecule has 25 heavy (non-hydrogen) atoms. The van der Waals surface area contributed by atoms with Gasteiger partial charge in [0.05, 0.1) is 12.4 Å². The molecule has 138 valence electrons. The average Bonchev–Trinajstić information content (AvgIpc) is 2.95. The molecule has 6 nitrogen and oxygen atoms in total. The minimum Gasteiger partial charge on any atom is -0.237 e. The minimum atomic E-state index is -4.63. The Bertz CT molecular complexity index is 831. The van der Waals surface area contributed by atoms with Crippen molar-refractivity contribution in [3.63, 3.8) is 0 Å². The molecule has 0 aliphatic heterocycles. The first kappa shape index (κ1) is 19.4. The molecule has 0 saturated heterocycles. The van der Waals surface area contributed by atoms with Crippen molar-refractivity contribution in [2.45, 2.75) is 31.8 Å². The van der Waals surface area contributed by atoms with Crippen LogP contribution in [0.1, 0.15) is 19.4 Å². The fourth-order valence-corrected chi connectivity index (χ4v) is 3.74. The predicted octanol–water partition coefficient (Wildman–Crippen LogP) is 2.78. The summed E-state index contributed by atoms with van der Waals surface area (Å²) in [6, 6.07) is 3.45. The third-order valence-corrected chi connectivity index (χ3v) is 5.02. The fraction of sp³-hybridized carbons (Fsp3) is 0.467. The number of halogens is 3. The standard InChI is InChI=1S/C15H19F3N4O2S/c1-11(2)8-21(10-15(16,17)18)25(23,24)13-7-20-22(9-13)14-6-12(3)4-5-19-14/h4-7,9,11H,8,10H2,1-3H3. The van der Waals surface area contributed by atoms with Gasteiger partial charge in [0, 0.05) is 12.7 Å². The zero-order chi connectivity index (χ0) is 18.8. The Hall–Kier alpha value is -1.94. The van der Waals surface area contributed by atoms with Gasteiger partial charge in [0.2, 0.25) is 10.0 Å². The van der Waals surface area contributed by atoms with E-state index in [1.54, 1.807) is 26.0 Å². The summed E-state index contributed by atoms with van der Waals surface area (Å²) in [5.74, 6) is 0.123. The second-order valence-electron chi connectivity index (χ2n) is 6.12. The molecule has 0 amide bonds. The van der Waals surface area contributed by atoms with Crippen LogP contribution >= 0.6 is 0 Å². The highest BCUT2D eigenvalue weighted by atomic mass is 32.2. The lowest BCUT2D eigenvalue weighted by Gasteiger charge is -2.24. The van der Waals surface area contributed by atoms with E-state index in [1.165, 1.54) is 17.1 Å². The summed E-state index contributed by atoms with van der Waals surface area (Å²) in [6.45, 7) is 3.36. The number of pyridine rings is 1. The van der Waals surface area contributed by atoms with E-state index < -0.39 is 22.7 Å². The SMILES string of the molecule is Cc1ccnc(-n2cc(S(=O)(=O)N(CC(C)C)CC(F)(F)F)cn2)c1. The van der Waals surface area contributed by atoms with Crippen molar-refractivity contribution < 1.29 is 21.6 Å². The number of rotatable bonds is 6.